The van der Waals surface area contributed by atoms with Gasteiger partial charge in [-0.05, 0) is 49.8 Å². The van der Waals surface area contributed by atoms with Crippen molar-refractivity contribution in [2.45, 2.75) is 45.1 Å². The average molecular weight is 458 g/mol. The maximum absolute atomic E-state index is 12.8. The lowest BCUT2D eigenvalue weighted by Gasteiger charge is -2.47. The van der Waals surface area contributed by atoms with Gasteiger partial charge < -0.3 is 19.3 Å². The van der Waals surface area contributed by atoms with E-state index in [0.717, 1.165) is 42.1 Å². The quantitative estimate of drug-likeness (QED) is 0.639. The lowest BCUT2D eigenvalue weighted by atomic mass is 9.83. The molecule has 1 aromatic carbocycles. The zero-order valence-corrected chi connectivity index (χ0v) is 19.8. The van der Waals surface area contributed by atoms with E-state index in [0.29, 0.717) is 43.3 Å². The third-order valence-electron chi connectivity index (χ3n) is 6.58. The molecule has 2 fully saturated rings. The van der Waals surface area contributed by atoms with E-state index in [1.165, 1.54) is 0 Å². The minimum atomic E-state index is 0.141. The number of likely N-dealkylation sites (tertiary alicyclic amines) is 2. The van der Waals surface area contributed by atoms with Gasteiger partial charge in [0, 0.05) is 37.5 Å². The Morgan fingerprint density at radius 2 is 2.03 bits per heavy atom. The van der Waals surface area contributed by atoms with Gasteiger partial charge in [-0.15, -0.1) is 11.3 Å². The van der Waals surface area contributed by atoms with Crippen LogP contribution in [0.5, 0.6) is 11.5 Å². The number of hydrogen-bond acceptors (Lipinski definition) is 6. The van der Waals surface area contributed by atoms with E-state index in [2.05, 4.69) is 9.88 Å². The highest BCUT2D eigenvalue weighted by Gasteiger charge is 2.40. The smallest absolute Gasteiger partial charge is 0.228 e. The number of carbonyl (C=O) groups is 2. The molecule has 0 radical (unpaired) electrons. The lowest BCUT2D eigenvalue weighted by Crippen LogP contribution is -2.57. The number of amides is 2. The molecule has 0 N–H and O–H groups in total. The predicted octanol–water partition coefficient (Wildman–Crippen LogP) is 3.09. The van der Waals surface area contributed by atoms with Gasteiger partial charge in [0.25, 0.3) is 0 Å². The Labute approximate surface area is 193 Å². The summed E-state index contributed by atoms with van der Waals surface area (Å²) in [6.45, 7) is 4.07. The number of ether oxygens (including phenoxy) is 2. The first-order valence-corrected chi connectivity index (χ1v) is 12.1. The summed E-state index contributed by atoms with van der Waals surface area (Å²) in [6, 6.07) is 6.12. The number of rotatable bonds is 7. The number of aromatic nitrogens is 1. The highest BCUT2D eigenvalue weighted by molar-refractivity contribution is 7.09. The van der Waals surface area contributed by atoms with Crippen molar-refractivity contribution in [2.75, 3.05) is 33.9 Å². The van der Waals surface area contributed by atoms with Crippen LogP contribution in [0.4, 0.5) is 0 Å². The standard InChI is InChI=1S/C24H31N3O4S/c1-16-25-19(15-32-16)13-24(29)26-10-9-20-18(14-26)5-7-23(28)27(20)11-8-17-4-6-21(30-2)22(12-17)31-3/h4,6,12,15,18,20H,5,7-11,13-14H2,1-3H3/t18-,20+/m0/s1. The first kappa shape index (κ1) is 22.6. The first-order valence-electron chi connectivity index (χ1n) is 11.2. The van der Waals surface area contributed by atoms with Gasteiger partial charge in [0.15, 0.2) is 11.5 Å². The Morgan fingerprint density at radius 3 is 2.75 bits per heavy atom. The van der Waals surface area contributed by atoms with E-state index in [4.69, 9.17) is 9.47 Å². The number of aryl methyl sites for hydroxylation is 1. The fourth-order valence-electron chi connectivity index (χ4n) is 4.91. The Morgan fingerprint density at radius 1 is 1.22 bits per heavy atom. The number of hydrogen-bond donors (Lipinski definition) is 0. The van der Waals surface area contributed by atoms with Crippen molar-refractivity contribution in [3.8, 4) is 11.5 Å². The molecule has 4 rings (SSSR count). The van der Waals surface area contributed by atoms with Gasteiger partial charge in [0.05, 0.1) is 31.3 Å². The Hall–Kier alpha value is -2.61. The molecule has 2 amide bonds. The van der Waals surface area contributed by atoms with Crippen LogP contribution in [0.2, 0.25) is 0 Å². The van der Waals surface area contributed by atoms with Crippen molar-refractivity contribution in [2.24, 2.45) is 5.92 Å². The molecule has 0 bridgehead atoms. The van der Waals surface area contributed by atoms with Crippen molar-refractivity contribution in [3.63, 3.8) is 0 Å². The van der Waals surface area contributed by atoms with Crippen LogP contribution in [0.1, 0.15) is 35.5 Å². The van der Waals surface area contributed by atoms with E-state index in [-0.39, 0.29) is 17.9 Å². The molecule has 2 aliphatic rings. The van der Waals surface area contributed by atoms with Gasteiger partial charge >= 0.3 is 0 Å². The molecule has 32 heavy (non-hydrogen) atoms. The summed E-state index contributed by atoms with van der Waals surface area (Å²) in [7, 11) is 3.25. The number of fused-ring (bicyclic) bond motifs is 1. The minimum Gasteiger partial charge on any atom is -0.493 e. The highest BCUT2D eigenvalue weighted by Crippen LogP contribution is 2.32. The van der Waals surface area contributed by atoms with Crippen LogP contribution in [0.15, 0.2) is 23.6 Å². The van der Waals surface area contributed by atoms with Crippen LogP contribution in [0.3, 0.4) is 0 Å². The molecule has 0 aliphatic carbocycles. The van der Waals surface area contributed by atoms with E-state index >= 15 is 0 Å². The van der Waals surface area contributed by atoms with Gasteiger partial charge in [-0.25, -0.2) is 4.98 Å². The first-order chi connectivity index (χ1) is 15.5. The zero-order valence-electron chi connectivity index (χ0n) is 19.0. The monoisotopic (exact) mass is 457 g/mol. The summed E-state index contributed by atoms with van der Waals surface area (Å²) >= 11 is 1.58. The van der Waals surface area contributed by atoms with E-state index in [1.807, 2.05) is 35.4 Å². The summed E-state index contributed by atoms with van der Waals surface area (Å²) in [5, 5.41) is 2.96. The lowest BCUT2D eigenvalue weighted by molar-refractivity contribution is -0.143. The molecule has 2 atom stereocenters. The summed E-state index contributed by atoms with van der Waals surface area (Å²) in [5.74, 6) is 2.12. The molecular formula is C24H31N3O4S. The van der Waals surface area contributed by atoms with E-state index in [9.17, 15) is 9.59 Å². The maximum atomic E-state index is 12.8. The maximum Gasteiger partial charge on any atom is 0.228 e. The number of carbonyl (C=O) groups excluding carboxylic acids is 2. The molecule has 2 saturated heterocycles. The Bertz CT molecular complexity index is 976. The van der Waals surface area contributed by atoms with Crippen molar-refractivity contribution < 1.29 is 19.1 Å². The molecule has 172 valence electrons. The predicted molar refractivity (Wildman–Crippen MR) is 123 cm³/mol. The average Bonchev–Trinajstić information content (AvgIpc) is 3.22. The van der Waals surface area contributed by atoms with Gasteiger partial charge in [-0.2, -0.15) is 0 Å². The van der Waals surface area contributed by atoms with Crippen LogP contribution in [0, 0.1) is 12.8 Å². The molecule has 0 unspecified atom stereocenters. The summed E-state index contributed by atoms with van der Waals surface area (Å²) < 4.78 is 10.7. The number of nitrogens with zero attached hydrogens (tertiary/aromatic N) is 3. The fourth-order valence-corrected chi connectivity index (χ4v) is 5.52. The molecule has 7 nitrogen and oxygen atoms in total. The van der Waals surface area contributed by atoms with E-state index in [1.54, 1.807) is 25.6 Å². The topological polar surface area (TPSA) is 72.0 Å². The second kappa shape index (κ2) is 9.90. The van der Waals surface area contributed by atoms with Crippen LogP contribution in [-0.2, 0) is 22.4 Å². The van der Waals surface area contributed by atoms with Crippen molar-refractivity contribution in [1.29, 1.82) is 0 Å². The number of piperidine rings is 2. The van der Waals surface area contributed by atoms with Gasteiger partial charge in [-0.1, -0.05) is 6.07 Å². The third-order valence-corrected chi connectivity index (χ3v) is 7.41. The normalized spacial score (nSPS) is 20.8. The fraction of sp³-hybridized carbons (Fsp3) is 0.542. The van der Waals surface area contributed by atoms with Gasteiger partial charge in [-0.3, -0.25) is 9.59 Å². The number of methoxy groups -OCH3 is 2. The molecule has 0 spiro atoms. The summed E-state index contributed by atoms with van der Waals surface area (Å²) in [5.41, 5.74) is 1.97. The van der Waals surface area contributed by atoms with Gasteiger partial charge in [0.2, 0.25) is 11.8 Å². The number of thiazole rings is 1. The summed E-state index contributed by atoms with van der Waals surface area (Å²) in [6.07, 6.45) is 3.38. The SMILES string of the molecule is COc1ccc(CCN2C(=O)CC[C@H]3CN(C(=O)Cc4csc(C)n4)CC[C@H]32)cc1OC. The molecule has 8 heteroatoms. The van der Waals surface area contributed by atoms with Crippen molar-refractivity contribution in [1.82, 2.24) is 14.8 Å². The van der Waals surface area contributed by atoms with Crippen LogP contribution in [0.25, 0.3) is 0 Å². The van der Waals surface area contributed by atoms with Gasteiger partial charge in [0.1, 0.15) is 0 Å². The number of benzene rings is 1. The van der Waals surface area contributed by atoms with Crippen LogP contribution < -0.4 is 9.47 Å². The Kier molecular flexibility index (Phi) is 6.98. The van der Waals surface area contributed by atoms with E-state index < -0.39 is 0 Å². The molecular weight excluding hydrogens is 426 g/mol. The van der Waals surface area contributed by atoms with Crippen molar-refractivity contribution in [3.05, 3.63) is 39.8 Å². The molecule has 2 aromatic rings. The molecule has 2 aliphatic heterocycles. The Balaban J connectivity index is 1.37. The highest BCUT2D eigenvalue weighted by atomic mass is 32.1. The largest absolute Gasteiger partial charge is 0.493 e. The zero-order chi connectivity index (χ0) is 22.7. The van der Waals surface area contributed by atoms with Crippen LogP contribution >= 0.6 is 11.3 Å². The molecule has 0 saturated carbocycles. The molecule has 3 heterocycles. The second-order valence-corrected chi connectivity index (χ2v) is 9.62. The summed E-state index contributed by atoms with van der Waals surface area (Å²) in [4.78, 5) is 34.0. The van der Waals surface area contributed by atoms with Crippen molar-refractivity contribution >= 4 is 23.2 Å². The minimum absolute atomic E-state index is 0.141. The third kappa shape index (κ3) is 4.90. The van der Waals surface area contributed by atoms with Crippen LogP contribution in [-0.4, -0.2) is 66.5 Å². The second-order valence-electron chi connectivity index (χ2n) is 8.56. The molecule has 1 aromatic heterocycles.